The second-order valence-electron chi connectivity index (χ2n) is 5.69. The van der Waals surface area contributed by atoms with Crippen molar-refractivity contribution in [1.82, 2.24) is 0 Å². The molecule has 0 aliphatic heterocycles. The van der Waals surface area contributed by atoms with Crippen molar-refractivity contribution in [3.8, 4) is 0 Å². The minimum absolute atomic E-state index is 0.306. The number of carbonyl (C=O) groups is 3. The fraction of sp³-hybridized carbons (Fsp3) is 0.250. The van der Waals surface area contributed by atoms with Gasteiger partial charge in [-0.2, -0.15) is 0 Å². The van der Waals surface area contributed by atoms with E-state index in [1.54, 1.807) is 6.92 Å². The molecule has 0 amide bonds. The molecule has 0 saturated heterocycles. The van der Waals surface area contributed by atoms with E-state index in [1.807, 2.05) is 60.7 Å². The van der Waals surface area contributed by atoms with Gasteiger partial charge in [-0.05, 0) is 18.1 Å². The Hall–Kier alpha value is -2.95. The summed E-state index contributed by atoms with van der Waals surface area (Å²) in [5.41, 5.74) is 0.575. The van der Waals surface area contributed by atoms with Crippen LogP contribution in [0.5, 0.6) is 0 Å². The maximum Gasteiger partial charge on any atom is 0.344 e. The lowest BCUT2D eigenvalue weighted by Gasteiger charge is -2.29. The van der Waals surface area contributed by atoms with E-state index in [0.29, 0.717) is 0 Å². The maximum absolute atomic E-state index is 13.0. The topological polar surface area (TPSA) is 69.7 Å². The smallest absolute Gasteiger partial charge is 0.344 e. The van der Waals surface area contributed by atoms with E-state index in [1.165, 1.54) is 7.11 Å². The third-order valence-corrected chi connectivity index (χ3v) is 4.14. The first kappa shape index (κ1) is 18.4. The lowest BCUT2D eigenvalue weighted by Crippen LogP contribution is -2.36. The fourth-order valence-electron chi connectivity index (χ4n) is 2.59. The van der Waals surface area contributed by atoms with E-state index >= 15 is 0 Å². The number of hydrogen-bond acceptors (Lipinski definition) is 5. The summed E-state index contributed by atoms with van der Waals surface area (Å²) < 4.78 is 9.21. The summed E-state index contributed by atoms with van der Waals surface area (Å²) in [6, 6.07) is 18.5. The van der Waals surface area contributed by atoms with E-state index in [4.69, 9.17) is 4.74 Å². The molecule has 2 aromatic rings. The van der Waals surface area contributed by atoms with E-state index in [0.717, 1.165) is 11.1 Å². The lowest BCUT2D eigenvalue weighted by molar-refractivity contribution is -0.158. The number of ether oxygens (including phenoxy) is 2. The van der Waals surface area contributed by atoms with Crippen molar-refractivity contribution < 1.29 is 23.9 Å². The molecule has 0 spiro atoms. The van der Waals surface area contributed by atoms with E-state index in [9.17, 15) is 14.4 Å². The van der Waals surface area contributed by atoms with Crippen LogP contribution >= 0.6 is 0 Å². The predicted octanol–water partition coefficient (Wildman–Crippen LogP) is 2.67. The van der Waals surface area contributed by atoms with Crippen molar-refractivity contribution in [2.24, 2.45) is 0 Å². The number of rotatable bonds is 7. The van der Waals surface area contributed by atoms with Gasteiger partial charge in [-0.25, -0.2) is 4.79 Å². The highest BCUT2D eigenvalue weighted by atomic mass is 16.6. The molecular weight excluding hydrogens is 320 g/mol. The Balaban J connectivity index is 2.26. The largest absolute Gasteiger partial charge is 0.466 e. The third kappa shape index (κ3) is 4.32. The number of carbonyl (C=O) groups excluding carboxylic acids is 3. The fourth-order valence-corrected chi connectivity index (χ4v) is 2.59. The second-order valence-corrected chi connectivity index (χ2v) is 5.69. The average molecular weight is 340 g/mol. The number of ketones is 1. The SMILES string of the molecule is COC(=O)COC(=O)CC(=O)C(C)(c1ccccc1)c1ccccc1. The number of hydrogen-bond donors (Lipinski definition) is 0. The predicted molar refractivity (Wildman–Crippen MR) is 91.9 cm³/mol. The highest BCUT2D eigenvalue weighted by Crippen LogP contribution is 2.34. The Morgan fingerprint density at radius 1 is 0.840 bits per heavy atom. The highest BCUT2D eigenvalue weighted by molar-refractivity contribution is 6.03. The zero-order valence-corrected chi connectivity index (χ0v) is 14.2. The van der Waals surface area contributed by atoms with Crippen molar-refractivity contribution in [3.63, 3.8) is 0 Å². The number of esters is 2. The van der Waals surface area contributed by atoms with Gasteiger partial charge >= 0.3 is 11.9 Å². The molecule has 0 unspecified atom stereocenters. The minimum Gasteiger partial charge on any atom is -0.466 e. The summed E-state index contributed by atoms with van der Waals surface area (Å²) in [6.45, 7) is 1.28. The van der Waals surface area contributed by atoms with Crippen LogP contribution in [0.4, 0.5) is 0 Å². The Morgan fingerprint density at radius 3 is 1.76 bits per heavy atom. The molecular formula is C20H20O5. The summed E-state index contributed by atoms with van der Waals surface area (Å²) >= 11 is 0. The van der Waals surface area contributed by atoms with Gasteiger partial charge in [0.25, 0.3) is 0 Å². The van der Waals surface area contributed by atoms with Crippen molar-refractivity contribution in [3.05, 3.63) is 71.8 Å². The van der Waals surface area contributed by atoms with Gasteiger partial charge in [0.05, 0.1) is 12.5 Å². The Kier molecular flexibility index (Phi) is 6.06. The number of methoxy groups -OCH3 is 1. The Bertz CT molecular complexity index is 698. The van der Waals surface area contributed by atoms with Gasteiger partial charge in [-0.3, -0.25) is 9.59 Å². The quantitative estimate of drug-likeness (QED) is 0.572. The van der Waals surface area contributed by atoms with Crippen LogP contribution in [0, 0.1) is 0 Å². The van der Waals surface area contributed by atoms with Crippen molar-refractivity contribution in [1.29, 1.82) is 0 Å². The van der Waals surface area contributed by atoms with Crippen LogP contribution in [0.25, 0.3) is 0 Å². The molecule has 5 nitrogen and oxygen atoms in total. The first-order chi connectivity index (χ1) is 12.0. The molecule has 0 bridgehead atoms. The molecule has 2 aromatic carbocycles. The zero-order valence-electron chi connectivity index (χ0n) is 14.2. The lowest BCUT2D eigenvalue weighted by atomic mass is 9.72. The van der Waals surface area contributed by atoms with Gasteiger partial charge in [-0.15, -0.1) is 0 Å². The van der Waals surface area contributed by atoms with Crippen molar-refractivity contribution in [2.75, 3.05) is 13.7 Å². The molecule has 0 aromatic heterocycles. The monoisotopic (exact) mass is 340 g/mol. The van der Waals surface area contributed by atoms with Crippen LogP contribution in [-0.4, -0.2) is 31.4 Å². The molecule has 0 atom stereocenters. The van der Waals surface area contributed by atoms with Crippen LogP contribution in [0.2, 0.25) is 0 Å². The second kappa shape index (κ2) is 8.24. The molecule has 0 heterocycles. The molecule has 0 aliphatic rings. The summed E-state index contributed by atoms with van der Waals surface area (Å²) in [4.78, 5) is 36.0. The number of benzene rings is 2. The molecule has 5 heteroatoms. The normalized spacial score (nSPS) is 10.8. The average Bonchev–Trinajstić information content (AvgIpc) is 2.66. The zero-order chi connectivity index (χ0) is 18.3. The molecule has 2 rings (SSSR count). The van der Waals surface area contributed by atoms with Gasteiger partial charge in [0, 0.05) is 0 Å². The summed E-state index contributed by atoms with van der Waals surface area (Å²) in [5, 5.41) is 0. The minimum atomic E-state index is -0.993. The summed E-state index contributed by atoms with van der Waals surface area (Å²) in [5.74, 6) is -1.73. The van der Waals surface area contributed by atoms with Gasteiger partial charge in [-0.1, -0.05) is 60.7 Å². The van der Waals surface area contributed by atoms with Crippen LogP contribution in [0.15, 0.2) is 60.7 Å². The summed E-state index contributed by atoms with van der Waals surface area (Å²) in [6.07, 6.45) is -0.433. The molecule has 0 saturated carbocycles. The van der Waals surface area contributed by atoms with Gasteiger partial charge in [0.2, 0.25) is 0 Å². The van der Waals surface area contributed by atoms with E-state index in [-0.39, 0.29) is 5.78 Å². The van der Waals surface area contributed by atoms with Crippen LogP contribution < -0.4 is 0 Å². The first-order valence-electron chi connectivity index (χ1n) is 7.85. The Morgan fingerprint density at radius 2 is 1.32 bits per heavy atom. The molecule has 0 N–H and O–H groups in total. The number of Topliss-reactive ketones (excluding diaryl/α,β-unsaturated/α-hetero) is 1. The molecule has 25 heavy (non-hydrogen) atoms. The Labute approximate surface area is 146 Å². The molecule has 0 radical (unpaired) electrons. The first-order valence-corrected chi connectivity index (χ1v) is 7.85. The highest BCUT2D eigenvalue weighted by Gasteiger charge is 2.37. The van der Waals surface area contributed by atoms with E-state index in [2.05, 4.69) is 4.74 Å². The van der Waals surface area contributed by atoms with Crippen LogP contribution in [-0.2, 0) is 29.3 Å². The summed E-state index contributed by atoms with van der Waals surface area (Å²) in [7, 11) is 1.20. The van der Waals surface area contributed by atoms with Crippen molar-refractivity contribution >= 4 is 17.7 Å². The van der Waals surface area contributed by atoms with Crippen molar-refractivity contribution in [2.45, 2.75) is 18.8 Å². The van der Waals surface area contributed by atoms with Crippen LogP contribution in [0.3, 0.4) is 0 Å². The molecule has 0 aliphatic carbocycles. The molecule has 0 fully saturated rings. The molecule has 130 valence electrons. The van der Waals surface area contributed by atoms with Gasteiger partial charge in [0.1, 0.15) is 6.42 Å². The maximum atomic E-state index is 13.0. The van der Waals surface area contributed by atoms with Crippen LogP contribution in [0.1, 0.15) is 24.5 Å². The van der Waals surface area contributed by atoms with E-state index < -0.39 is 30.4 Å². The van der Waals surface area contributed by atoms with Gasteiger partial charge < -0.3 is 9.47 Å². The standard InChI is InChI=1S/C20H20O5/c1-20(15-9-5-3-6-10-15,16-11-7-4-8-12-16)17(21)13-18(22)25-14-19(23)24-2/h3-12H,13-14H2,1-2H3. The third-order valence-electron chi connectivity index (χ3n) is 4.14. The van der Waals surface area contributed by atoms with Gasteiger partial charge in [0.15, 0.2) is 12.4 Å².